The summed E-state index contributed by atoms with van der Waals surface area (Å²) in [6, 6.07) is 1.95. The van der Waals surface area contributed by atoms with Crippen LogP contribution < -0.4 is 0 Å². The molecule has 1 amide bonds. The molecule has 1 heterocycles. The fourth-order valence-corrected chi connectivity index (χ4v) is 0.957. The normalized spacial score (nSPS) is 18.1. The maximum absolute atomic E-state index is 10.7. The van der Waals surface area contributed by atoms with Crippen molar-refractivity contribution < 1.29 is 4.79 Å². The Morgan fingerprint density at radius 1 is 1.78 bits per heavy atom. The molecule has 1 aliphatic heterocycles. The average molecular weight is 124 g/mol. The Kier molecular flexibility index (Phi) is 1.69. The van der Waals surface area contributed by atoms with Crippen LogP contribution in [0.25, 0.3) is 0 Å². The third kappa shape index (κ3) is 1.20. The molecule has 3 heteroatoms. The Bertz CT molecular complexity index is 159. The van der Waals surface area contributed by atoms with Crippen molar-refractivity contribution in [1.29, 1.82) is 5.26 Å². The number of rotatable bonds is 1. The van der Waals surface area contributed by atoms with Gasteiger partial charge in [0.25, 0.3) is 0 Å². The van der Waals surface area contributed by atoms with Gasteiger partial charge in [-0.3, -0.25) is 4.79 Å². The van der Waals surface area contributed by atoms with Crippen LogP contribution in [0.15, 0.2) is 0 Å². The molecule has 0 N–H and O–H groups in total. The highest BCUT2D eigenvalue weighted by atomic mass is 16.2. The Balaban J connectivity index is 2.42. The van der Waals surface area contributed by atoms with Crippen molar-refractivity contribution >= 4 is 5.91 Å². The van der Waals surface area contributed by atoms with E-state index in [2.05, 4.69) is 0 Å². The van der Waals surface area contributed by atoms with Crippen molar-refractivity contribution in [2.24, 2.45) is 0 Å². The summed E-state index contributed by atoms with van der Waals surface area (Å²) < 4.78 is 0. The highest BCUT2D eigenvalue weighted by molar-refractivity contribution is 5.78. The quantitative estimate of drug-likeness (QED) is 0.466. The number of hydrogen-bond acceptors (Lipinski definition) is 2. The average Bonchev–Trinajstić information content (AvgIpc) is 2.18. The molecule has 0 aliphatic carbocycles. The van der Waals surface area contributed by atoms with Crippen LogP contribution in [0.2, 0.25) is 0 Å². The maximum atomic E-state index is 10.7. The molecule has 1 aliphatic rings. The minimum Gasteiger partial charge on any atom is -0.329 e. The number of nitriles is 1. The van der Waals surface area contributed by atoms with Gasteiger partial charge in [0.1, 0.15) is 6.54 Å². The van der Waals surface area contributed by atoms with Gasteiger partial charge in [-0.05, 0) is 6.42 Å². The molecular weight excluding hydrogens is 116 g/mol. The second-order valence-electron chi connectivity index (χ2n) is 2.08. The van der Waals surface area contributed by atoms with E-state index in [4.69, 9.17) is 5.26 Å². The fourth-order valence-electron chi connectivity index (χ4n) is 0.957. The molecule has 1 fully saturated rings. The van der Waals surface area contributed by atoms with Crippen molar-refractivity contribution in [1.82, 2.24) is 4.90 Å². The van der Waals surface area contributed by atoms with Gasteiger partial charge in [-0.1, -0.05) is 0 Å². The van der Waals surface area contributed by atoms with E-state index >= 15 is 0 Å². The predicted octanol–water partition coefficient (Wildman–Crippen LogP) is 0.132. The lowest BCUT2D eigenvalue weighted by Crippen LogP contribution is -2.24. The van der Waals surface area contributed by atoms with Gasteiger partial charge in [0, 0.05) is 13.0 Å². The number of carbonyl (C=O) groups is 1. The lowest BCUT2D eigenvalue weighted by Gasteiger charge is -2.08. The van der Waals surface area contributed by atoms with E-state index in [-0.39, 0.29) is 12.5 Å². The van der Waals surface area contributed by atoms with E-state index in [1.54, 1.807) is 4.90 Å². The van der Waals surface area contributed by atoms with Crippen LogP contribution in [0.3, 0.4) is 0 Å². The summed E-state index contributed by atoms with van der Waals surface area (Å²) >= 11 is 0. The van der Waals surface area contributed by atoms with Crippen LogP contribution in [-0.4, -0.2) is 23.9 Å². The Labute approximate surface area is 53.9 Å². The summed E-state index contributed by atoms with van der Waals surface area (Å²) in [5.74, 6) is 0.122. The molecule has 9 heavy (non-hydrogen) atoms. The van der Waals surface area contributed by atoms with E-state index in [1.807, 2.05) is 6.07 Å². The Hall–Kier alpha value is -1.04. The van der Waals surface area contributed by atoms with Crippen LogP contribution in [0.4, 0.5) is 0 Å². The van der Waals surface area contributed by atoms with E-state index in [1.165, 1.54) is 0 Å². The van der Waals surface area contributed by atoms with Gasteiger partial charge in [0.2, 0.25) is 5.91 Å². The van der Waals surface area contributed by atoms with Crippen LogP contribution in [0.5, 0.6) is 0 Å². The predicted molar refractivity (Wildman–Crippen MR) is 31.4 cm³/mol. The van der Waals surface area contributed by atoms with Gasteiger partial charge in [0.05, 0.1) is 6.07 Å². The summed E-state index contributed by atoms with van der Waals surface area (Å²) in [6.45, 7) is 1.03. The smallest absolute Gasteiger partial charge is 0.223 e. The topological polar surface area (TPSA) is 44.1 Å². The molecule has 0 aromatic rings. The lowest BCUT2D eigenvalue weighted by molar-refractivity contribution is -0.127. The van der Waals surface area contributed by atoms with Crippen molar-refractivity contribution in [2.45, 2.75) is 12.8 Å². The second-order valence-corrected chi connectivity index (χ2v) is 2.08. The highest BCUT2D eigenvalue weighted by Crippen LogP contribution is 2.07. The van der Waals surface area contributed by atoms with Crippen LogP contribution >= 0.6 is 0 Å². The van der Waals surface area contributed by atoms with Gasteiger partial charge in [-0.25, -0.2) is 0 Å². The van der Waals surface area contributed by atoms with Gasteiger partial charge in [-0.15, -0.1) is 0 Å². The molecule has 3 nitrogen and oxygen atoms in total. The first-order valence-corrected chi connectivity index (χ1v) is 2.99. The van der Waals surface area contributed by atoms with Crippen molar-refractivity contribution in [3.8, 4) is 6.07 Å². The first-order valence-electron chi connectivity index (χ1n) is 2.99. The summed E-state index contributed by atoms with van der Waals surface area (Å²) in [7, 11) is 0. The third-order valence-corrected chi connectivity index (χ3v) is 1.43. The zero-order chi connectivity index (χ0) is 6.69. The largest absolute Gasteiger partial charge is 0.329 e. The SMILES string of the molecule is N#CCN1CCCC1=O. The standard InChI is InChI=1S/C6H8N2O/c7-3-5-8-4-1-2-6(8)9/h1-2,4-5H2. The van der Waals surface area contributed by atoms with Crippen molar-refractivity contribution in [3.05, 3.63) is 0 Å². The van der Waals surface area contributed by atoms with Crippen LogP contribution in [-0.2, 0) is 4.79 Å². The fraction of sp³-hybridized carbons (Fsp3) is 0.667. The monoisotopic (exact) mass is 124 g/mol. The molecule has 0 atom stereocenters. The van der Waals surface area contributed by atoms with Crippen molar-refractivity contribution in [3.63, 3.8) is 0 Å². The molecule has 0 aromatic carbocycles. The number of amides is 1. The van der Waals surface area contributed by atoms with E-state index in [9.17, 15) is 4.79 Å². The molecule has 0 bridgehead atoms. The molecule has 0 spiro atoms. The summed E-state index contributed by atoms with van der Waals surface area (Å²) in [4.78, 5) is 12.3. The first-order chi connectivity index (χ1) is 4.34. The van der Waals surface area contributed by atoms with E-state index in [0.717, 1.165) is 13.0 Å². The van der Waals surface area contributed by atoms with Gasteiger partial charge in [-0.2, -0.15) is 5.26 Å². The molecule has 0 aromatic heterocycles. The minimum atomic E-state index is 0.122. The zero-order valence-electron chi connectivity index (χ0n) is 5.13. The summed E-state index contributed by atoms with van der Waals surface area (Å²) in [5.41, 5.74) is 0. The maximum Gasteiger partial charge on any atom is 0.223 e. The first kappa shape index (κ1) is 6.09. The lowest BCUT2D eigenvalue weighted by atomic mass is 10.4. The Morgan fingerprint density at radius 2 is 2.56 bits per heavy atom. The highest BCUT2D eigenvalue weighted by Gasteiger charge is 2.18. The minimum absolute atomic E-state index is 0.122. The summed E-state index contributed by atoms with van der Waals surface area (Å²) in [6.07, 6.45) is 1.54. The van der Waals surface area contributed by atoms with Crippen LogP contribution in [0, 0.1) is 11.3 Å². The number of nitrogens with zero attached hydrogens (tertiary/aromatic N) is 2. The molecular formula is C6H8N2O. The van der Waals surface area contributed by atoms with Gasteiger partial charge in [0.15, 0.2) is 0 Å². The van der Waals surface area contributed by atoms with Gasteiger partial charge >= 0.3 is 0 Å². The molecule has 0 saturated carbocycles. The molecule has 1 saturated heterocycles. The van der Waals surface area contributed by atoms with Crippen molar-refractivity contribution in [2.75, 3.05) is 13.1 Å². The van der Waals surface area contributed by atoms with E-state index in [0.29, 0.717) is 6.42 Å². The van der Waals surface area contributed by atoms with Crippen LogP contribution in [0.1, 0.15) is 12.8 Å². The molecule has 1 rings (SSSR count). The van der Waals surface area contributed by atoms with E-state index < -0.39 is 0 Å². The Morgan fingerprint density at radius 3 is 3.00 bits per heavy atom. The molecule has 48 valence electrons. The number of hydrogen-bond donors (Lipinski definition) is 0. The molecule has 0 unspecified atom stereocenters. The number of likely N-dealkylation sites (tertiary alicyclic amines) is 1. The van der Waals surface area contributed by atoms with Gasteiger partial charge < -0.3 is 4.90 Å². The summed E-state index contributed by atoms with van der Waals surface area (Å²) in [5, 5.41) is 8.20. The number of carbonyl (C=O) groups excluding carboxylic acids is 1. The zero-order valence-corrected chi connectivity index (χ0v) is 5.13. The second kappa shape index (κ2) is 2.49. The molecule has 0 radical (unpaired) electrons. The third-order valence-electron chi connectivity index (χ3n) is 1.43.